The highest BCUT2D eigenvalue weighted by Crippen LogP contribution is 2.36. The van der Waals surface area contributed by atoms with E-state index in [2.05, 4.69) is 10.3 Å². The Labute approximate surface area is 78.5 Å². The molecule has 74 valence electrons. The summed E-state index contributed by atoms with van der Waals surface area (Å²) in [5, 5.41) is 3.19. The standard InChI is InChI=1S/C9H17N3O/c1-13-9(4-2-3-5-9)7-6-11-8(10)12-7/h7H,2-6H2,1H3,(H3,10,11,12). The maximum absolute atomic E-state index is 5.64. The first kappa shape index (κ1) is 8.81. The monoisotopic (exact) mass is 183 g/mol. The minimum atomic E-state index is -0.00931. The van der Waals surface area contributed by atoms with Crippen molar-refractivity contribution < 1.29 is 4.74 Å². The summed E-state index contributed by atoms with van der Waals surface area (Å²) in [5.41, 5.74) is 5.58. The van der Waals surface area contributed by atoms with Crippen LogP contribution in [0.3, 0.4) is 0 Å². The van der Waals surface area contributed by atoms with E-state index in [0.29, 0.717) is 12.0 Å². The van der Waals surface area contributed by atoms with Crippen molar-refractivity contribution in [2.45, 2.75) is 37.3 Å². The molecule has 1 aliphatic carbocycles. The van der Waals surface area contributed by atoms with E-state index in [0.717, 1.165) is 19.4 Å². The first-order valence-corrected chi connectivity index (χ1v) is 4.88. The Balaban J connectivity index is 2.05. The SMILES string of the molecule is COC1(C2CN=C(N)N2)CCCC1. The van der Waals surface area contributed by atoms with Crippen molar-refractivity contribution in [3.05, 3.63) is 0 Å². The highest BCUT2D eigenvalue weighted by atomic mass is 16.5. The summed E-state index contributed by atoms with van der Waals surface area (Å²) in [7, 11) is 1.79. The Kier molecular flexibility index (Phi) is 2.15. The van der Waals surface area contributed by atoms with Crippen molar-refractivity contribution in [1.29, 1.82) is 0 Å². The van der Waals surface area contributed by atoms with Gasteiger partial charge < -0.3 is 15.8 Å². The maximum Gasteiger partial charge on any atom is 0.189 e. The molecule has 1 unspecified atom stereocenters. The van der Waals surface area contributed by atoms with Crippen LogP contribution in [0.1, 0.15) is 25.7 Å². The van der Waals surface area contributed by atoms with Gasteiger partial charge in [-0.1, -0.05) is 12.8 Å². The molecule has 0 bridgehead atoms. The van der Waals surface area contributed by atoms with Gasteiger partial charge in [-0.2, -0.15) is 0 Å². The number of nitrogens with zero attached hydrogens (tertiary/aromatic N) is 1. The normalized spacial score (nSPS) is 31.5. The third-order valence-electron chi connectivity index (χ3n) is 3.26. The smallest absolute Gasteiger partial charge is 0.189 e. The number of methoxy groups -OCH3 is 1. The summed E-state index contributed by atoms with van der Waals surface area (Å²) in [6.07, 6.45) is 4.77. The Morgan fingerprint density at radius 2 is 2.23 bits per heavy atom. The van der Waals surface area contributed by atoms with Crippen LogP contribution >= 0.6 is 0 Å². The van der Waals surface area contributed by atoms with E-state index in [9.17, 15) is 0 Å². The molecule has 1 atom stereocenters. The summed E-state index contributed by atoms with van der Waals surface area (Å²) >= 11 is 0. The highest BCUT2D eigenvalue weighted by molar-refractivity contribution is 5.80. The number of ether oxygens (including phenoxy) is 1. The molecule has 0 amide bonds. The minimum absolute atomic E-state index is 0.00931. The largest absolute Gasteiger partial charge is 0.376 e. The molecule has 3 N–H and O–H groups in total. The molecule has 4 nitrogen and oxygen atoms in total. The van der Waals surface area contributed by atoms with Gasteiger partial charge in [0.05, 0.1) is 18.2 Å². The van der Waals surface area contributed by atoms with E-state index < -0.39 is 0 Å². The minimum Gasteiger partial charge on any atom is -0.376 e. The Morgan fingerprint density at radius 3 is 2.69 bits per heavy atom. The van der Waals surface area contributed by atoms with Crippen molar-refractivity contribution in [2.75, 3.05) is 13.7 Å². The molecular weight excluding hydrogens is 166 g/mol. The van der Waals surface area contributed by atoms with E-state index in [1.165, 1.54) is 12.8 Å². The molecule has 4 heteroatoms. The first-order chi connectivity index (χ1) is 6.27. The van der Waals surface area contributed by atoms with Gasteiger partial charge in [0, 0.05) is 7.11 Å². The number of nitrogens with two attached hydrogens (primary N) is 1. The van der Waals surface area contributed by atoms with Gasteiger partial charge in [-0.05, 0) is 12.8 Å². The van der Waals surface area contributed by atoms with E-state index >= 15 is 0 Å². The van der Waals surface area contributed by atoms with Crippen LogP contribution in [0.15, 0.2) is 4.99 Å². The van der Waals surface area contributed by atoms with Gasteiger partial charge in [0.25, 0.3) is 0 Å². The predicted molar refractivity (Wildman–Crippen MR) is 51.6 cm³/mol. The zero-order valence-corrected chi connectivity index (χ0v) is 8.05. The van der Waals surface area contributed by atoms with Crippen molar-refractivity contribution in [1.82, 2.24) is 5.32 Å². The highest BCUT2D eigenvalue weighted by Gasteiger charge is 2.43. The number of aliphatic imine (C=N–C) groups is 1. The second kappa shape index (κ2) is 3.18. The molecule has 0 aromatic carbocycles. The van der Waals surface area contributed by atoms with Crippen molar-refractivity contribution >= 4 is 5.96 Å². The van der Waals surface area contributed by atoms with E-state index in [1.54, 1.807) is 7.11 Å². The lowest BCUT2D eigenvalue weighted by molar-refractivity contribution is -0.0262. The van der Waals surface area contributed by atoms with Crippen LogP contribution in [0.5, 0.6) is 0 Å². The van der Waals surface area contributed by atoms with Crippen molar-refractivity contribution in [2.24, 2.45) is 10.7 Å². The molecule has 0 saturated heterocycles. The molecule has 2 aliphatic rings. The average Bonchev–Trinajstić information content (AvgIpc) is 2.73. The number of hydrogen-bond donors (Lipinski definition) is 2. The average molecular weight is 183 g/mol. The molecule has 1 fully saturated rings. The van der Waals surface area contributed by atoms with Crippen molar-refractivity contribution in [3.8, 4) is 0 Å². The first-order valence-electron chi connectivity index (χ1n) is 4.88. The van der Waals surface area contributed by atoms with E-state index in [4.69, 9.17) is 10.5 Å². The second-order valence-electron chi connectivity index (χ2n) is 3.90. The molecule has 13 heavy (non-hydrogen) atoms. The molecule has 0 radical (unpaired) electrons. The molecule has 2 rings (SSSR count). The third-order valence-corrected chi connectivity index (χ3v) is 3.26. The number of hydrogen-bond acceptors (Lipinski definition) is 4. The number of nitrogens with one attached hydrogen (secondary N) is 1. The molecule has 1 heterocycles. The lowest BCUT2D eigenvalue weighted by atomic mass is 9.92. The fourth-order valence-corrected chi connectivity index (χ4v) is 2.43. The Hall–Kier alpha value is -0.770. The van der Waals surface area contributed by atoms with Gasteiger partial charge in [0.1, 0.15) is 0 Å². The Morgan fingerprint density at radius 1 is 1.54 bits per heavy atom. The third kappa shape index (κ3) is 1.39. The second-order valence-corrected chi connectivity index (χ2v) is 3.90. The number of rotatable bonds is 2. The summed E-state index contributed by atoms with van der Waals surface area (Å²) in [6.45, 7) is 0.764. The van der Waals surface area contributed by atoms with Gasteiger partial charge in [-0.15, -0.1) is 0 Å². The Bertz CT molecular complexity index is 221. The maximum atomic E-state index is 5.64. The molecule has 1 saturated carbocycles. The summed E-state index contributed by atoms with van der Waals surface area (Å²) < 4.78 is 5.64. The fraction of sp³-hybridized carbons (Fsp3) is 0.889. The van der Waals surface area contributed by atoms with Crippen LogP contribution < -0.4 is 11.1 Å². The van der Waals surface area contributed by atoms with Crippen molar-refractivity contribution in [3.63, 3.8) is 0 Å². The molecule has 1 aliphatic heterocycles. The van der Waals surface area contributed by atoms with E-state index in [1.807, 2.05) is 0 Å². The van der Waals surface area contributed by atoms with Gasteiger partial charge in [0.2, 0.25) is 0 Å². The molecule has 0 spiro atoms. The lowest BCUT2D eigenvalue weighted by Crippen LogP contribution is -2.52. The summed E-state index contributed by atoms with van der Waals surface area (Å²) in [4.78, 5) is 4.16. The van der Waals surface area contributed by atoms with Crippen LogP contribution in [0, 0.1) is 0 Å². The van der Waals surface area contributed by atoms with Crippen LogP contribution in [0.2, 0.25) is 0 Å². The zero-order valence-electron chi connectivity index (χ0n) is 8.05. The molecule has 0 aromatic rings. The quantitative estimate of drug-likeness (QED) is 0.644. The van der Waals surface area contributed by atoms with Gasteiger partial charge >= 0.3 is 0 Å². The van der Waals surface area contributed by atoms with Crippen LogP contribution in [0.4, 0.5) is 0 Å². The van der Waals surface area contributed by atoms with Gasteiger partial charge in [-0.3, -0.25) is 4.99 Å². The molecule has 0 aromatic heterocycles. The number of guanidine groups is 1. The summed E-state index contributed by atoms with van der Waals surface area (Å²) in [5.74, 6) is 0.563. The summed E-state index contributed by atoms with van der Waals surface area (Å²) in [6, 6.07) is 0.292. The fourth-order valence-electron chi connectivity index (χ4n) is 2.43. The van der Waals surface area contributed by atoms with Crippen LogP contribution in [-0.4, -0.2) is 31.3 Å². The topological polar surface area (TPSA) is 59.6 Å². The lowest BCUT2D eigenvalue weighted by Gasteiger charge is -2.33. The predicted octanol–water partition coefficient (Wildman–Crippen LogP) is 0.232. The van der Waals surface area contributed by atoms with Gasteiger partial charge in [0.15, 0.2) is 5.96 Å². The van der Waals surface area contributed by atoms with Crippen LogP contribution in [0.25, 0.3) is 0 Å². The van der Waals surface area contributed by atoms with Crippen LogP contribution in [-0.2, 0) is 4.74 Å². The molecular formula is C9H17N3O. The zero-order chi connectivity index (χ0) is 9.31. The van der Waals surface area contributed by atoms with E-state index in [-0.39, 0.29) is 5.60 Å². The van der Waals surface area contributed by atoms with Gasteiger partial charge in [-0.25, -0.2) is 0 Å².